The van der Waals surface area contributed by atoms with Crippen molar-refractivity contribution in [3.05, 3.63) is 29.6 Å². The van der Waals surface area contributed by atoms with Gasteiger partial charge in [0.25, 0.3) is 6.43 Å². The average molecular weight is 258 g/mol. The Balaban J connectivity index is 2.30. The SMILES string of the molecule is NC1=NC(C(F)F)CNC1c1cc(N)ccc1F. The quantitative estimate of drug-likeness (QED) is 0.694. The van der Waals surface area contributed by atoms with Gasteiger partial charge < -0.3 is 16.8 Å². The van der Waals surface area contributed by atoms with E-state index in [9.17, 15) is 13.2 Å². The van der Waals surface area contributed by atoms with E-state index in [1.54, 1.807) is 0 Å². The van der Waals surface area contributed by atoms with Crippen molar-refractivity contribution >= 4 is 11.5 Å². The van der Waals surface area contributed by atoms with Gasteiger partial charge in [-0.05, 0) is 18.2 Å². The predicted octanol–water partition coefficient (Wildman–Crippen LogP) is 1.04. The molecule has 0 fully saturated rings. The van der Waals surface area contributed by atoms with Gasteiger partial charge in [0, 0.05) is 17.8 Å². The van der Waals surface area contributed by atoms with Crippen molar-refractivity contribution in [2.75, 3.05) is 12.3 Å². The summed E-state index contributed by atoms with van der Waals surface area (Å²) in [6.07, 6.45) is -2.59. The summed E-state index contributed by atoms with van der Waals surface area (Å²) in [6.45, 7) is -0.0583. The first-order valence-corrected chi connectivity index (χ1v) is 5.38. The highest BCUT2D eigenvalue weighted by molar-refractivity contribution is 5.88. The minimum atomic E-state index is -2.59. The molecule has 0 saturated carbocycles. The maximum absolute atomic E-state index is 13.6. The zero-order valence-electron chi connectivity index (χ0n) is 9.41. The highest BCUT2D eigenvalue weighted by Crippen LogP contribution is 2.23. The van der Waals surface area contributed by atoms with E-state index in [2.05, 4.69) is 10.3 Å². The number of alkyl halides is 2. The number of nitrogen functional groups attached to an aromatic ring is 1. The second-order valence-corrected chi connectivity index (χ2v) is 4.08. The van der Waals surface area contributed by atoms with E-state index in [1.165, 1.54) is 18.2 Å². The van der Waals surface area contributed by atoms with Crippen LogP contribution in [0.25, 0.3) is 0 Å². The summed E-state index contributed by atoms with van der Waals surface area (Å²) in [6, 6.07) is 2.13. The van der Waals surface area contributed by atoms with Crippen molar-refractivity contribution in [1.29, 1.82) is 0 Å². The molecule has 1 heterocycles. The molecule has 1 aromatic rings. The molecular formula is C11H13F3N4. The largest absolute Gasteiger partial charge is 0.399 e. The van der Waals surface area contributed by atoms with Crippen molar-refractivity contribution in [2.24, 2.45) is 10.7 Å². The third kappa shape index (κ3) is 2.40. The summed E-state index contributed by atoms with van der Waals surface area (Å²) in [5.41, 5.74) is 11.7. The number of hydrogen-bond donors (Lipinski definition) is 3. The maximum Gasteiger partial charge on any atom is 0.261 e. The summed E-state index contributed by atoms with van der Waals surface area (Å²) in [7, 11) is 0. The normalized spacial score (nSPS) is 24.1. The number of nitrogens with zero attached hydrogens (tertiary/aromatic N) is 1. The van der Waals surface area contributed by atoms with Crippen LogP contribution in [0.3, 0.4) is 0 Å². The molecule has 7 heteroatoms. The molecule has 5 N–H and O–H groups in total. The standard InChI is InChI=1S/C11H13F3N4/c12-7-2-1-5(15)3-6(7)9-11(16)18-8(4-17-9)10(13)14/h1-3,8-10,17H,4,15H2,(H2,16,18). The molecule has 98 valence electrons. The number of amidine groups is 1. The number of nitrogens with two attached hydrogens (primary N) is 2. The Morgan fingerprint density at radius 1 is 1.33 bits per heavy atom. The number of anilines is 1. The zero-order chi connectivity index (χ0) is 13.3. The Bertz CT molecular complexity index is 475. The van der Waals surface area contributed by atoms with Crippen LogP contribution in [0.15, 0.2) is 23.2 Å². The molecule has 1 aromatic carbocycles. The van der Waals surface area contributed by atoms with Gasteiger partial charge >= 0.3 is 0 Å². The summed E-state index contributed by atoms with van der Waals surface area (Å²) in [4.78, 5) is 3.68. The lowest BCUT2D eigenvalue weighted by Gasteiger charge is -2.27. The van der Waals surface area contributed by atoms with Crippen molar-refractivity contribution in [3.8, 4) is 0 Å². The van der Waals surface area contributed by atoms with Gasteiger partial charge in [0.2, 0.25) is 0 Å². The molecule has 2 unspecified atom stereocenters. The second kappa shape index (κ2) is 4.85. The van der Waals surface area contributed by atoms with Crippen LogP contribution in [0.4, 0.5) is 18.9 Å². The predicted molar refractivity (Wildman–Crippen MR) is 63.0 cm³/mol. The smallest absolute Gasteiger partial charge is 0.261 e. The fourth-order valence-corrected chi connectivity index (χ4v) is 1.85. The fourth-order valence-electron chi connectivity index (χ4n) is 1.85. The van der Waals surface area contributed by atoms with Crippen LogP contribution in [0.5, 0.6) is 0 Å². The third-order valence-corrected chi connectivity index (χ3v) is 2.76. The first-order chi connectivity index (χ1) is 8.49. The van der Waals surface area contributed by atoms with Crippen LogP contribution in [0.2, 0.25) is 0 Å². The van der Waals surface area contributed by atoms with Crippen LogP contribution in [0.1, 0.15) is 11.6 Å². The highest BCUT2D eigenvalue weighted by Gasteiger charge is 2.30. The number of aliphatic imine (C=N–C) groups is 1. The Labute approximate surface area is 102 Å². The van der Waals surface area contributed by atoms with Gasteiger partial charge in [0.15, 0.2) is 0 Å². The van der Waals surface area contributed by atoms with Crippen LogP contribution >= 0.6 is 0 Å². The van der Waals surface area contributed by atoms with Crippen LogP contribution < -0.4 is 16.8 Å². The van der Waals surface area contributed by atoms with Crippen molar-refractivity contribution in [2.45, 2.75) is 18.5 Å². The Morgan fingerprint density at radius 3 is 2.67 bits per heavy atom. The minimum Gasteiger partial charge on any atom is -0.399 e. The second-order valence-electron chi connectivity index (χ2n) is 4.08. The number of rotatable bonds is 2. The summed E-state index contributed by atoms with van der Waals surface area (Å²) < 4.78 is 38.6. The number of nitrogens with one attached hydrogen (secondary N) is 1. The first-order valence-electron chi connectivity index (χ1n) is 5.38. The molecule has 0 aromatic heterocycles. The Kier molecular flexibility index (Phi) is 3.42. The van der Waals surface area contributed by atoms with Crippen molar-refractivity contribution < 1.29 is 13.2 Å². The van der Waals surface area contributed by atoms with Gasteiger partial charge in [-0.3, -0.25) is 4.99 Å². The molecule has 0 aliphatic carbocycles. The molecule has 2 rings (SSSR count). The van der Waals surface area contributed by atoms with E-state index in [4.69, 9.17) is 11.5 Å². The topological polar surface area (TPSA) is 76.4 Å². The highest BCUT2D eigenvalue weighted by atomic mass is 19.3. The molecule has 18 heavy (non-hydrogen) atoms. The van der Waals surface area contributed by atoms with E-state index in [0.717, 1.165) is 0 Å². The minimum absolute atomic E-state index is 0.0583. The zero-order valence-corrected chi connectivity index (χ0v) is 9.41. The summed E-state index contributed by atoms with van der Waals surface area (Å²) >= 11 is 0. The lowest BCUT2D eigenvalue weighted by Crippen LogP contribution is -2.46. The molecule has 0 spiro atoms. The van der Waals surface area contributed by atoms with Crippen LogP contribution in [0, 0.1) is 5.82 Å². The molecular weight excluding hydrogens is 245 g/mol. The Hall–Kier alpha value is -1.76. The van der Waals surface area contributed by atoms with E-state index in [0.29, 0.717) is 5.69 Å². The van der Waals surface area contributed by atoms with E-state index < -0.39 is 24.3 Å². The summed E-state index contributed by atoms with van der Waals surface area (Å²) in [5, 5.41) is 2.75. The van der Waals surface area contributed by atoms with Gasteiger partial charge in [-0.25, -0.2) is 13.2 Å². The molecule has 4 nitrogen and oxygen atoms in total. The average Bonchev–Trinajstić information content (AvgIpc) is 2.32. The monoisotopic (exact) mass is 258 g/mol. The van der Waals surface area contributed by atoms with Crippen molar-refractivity contribution in [3.63, 3.8) is 0 Å². The van der Waals surface area contributed by atoms with Gasteiger partial charge in [-0.15, -0.1) is 0 Å². The van der Waals surface area contributed by atoms with Gasteiger partial charge in [0.1, 0.15) is 17.7 Å². The van der Waals surface area contributed by atoms with E-state index >= 15 is 0 Å². The molecule has 1 aliphatic rings. The first kappa shape index (κ1) is 12.7. The van der Waals surface area contributed by atoms with Gasteiger partial charge in [-0.2, -0.15) is 0 Å². The molecule has 1 aliphatic heterocycles. The van der Waals surface area contributed by atoms with Crippen molar-refractivity contribution in [1.82, 2.24) is 5.32 Å². The maximum atomic E-state index is 13.6. The van der Waals surface area contributed by atoms with E-state index in [1.807, 2.05) is 0 Å². The molecule has 0 radical (unpaired) electrons. The molecule has 0 bridgehead atoms. The molecule has 0 saturated heterocycles. The van der Waals surface area contributed by atoms with Crippen LogP contribution in [-0.4, -0.2) is 24.8 Å². The number of halogens is 3. The van der Waals surface area contributed by atoms with E-state index in [-0.39, 0.29) is 17.9 Å². The lowest BCUT2D eigenvalue weighted by atomic mass is 10.0. The number of hydrogen-bond acceptors (Lipinski definition) is 4. The summed E-state index contributed by atoms with van der Waals surface area (Å²) in [5.74, 6) is -0.564. The number of benzene rings is 1. The molecule has 2 atom stereocenters. The lowest BCUT2D eigenvalue weighted by molar-refractivity contribution is 0.113. The molecule has 0 amide bonds. The Morgan fingerprint density at radius 2 is 2.06 bits per heavy atom. The third-order valence-electron chi connectivity index (χ3n) is 2.76. The fraction of sp³-hybridized carbons (Fsp3) is 0.364. The van der Waals surface area contributed by atoms with Gasteiger partial charge in [0.05, 0.1) is 6.04 Å². The van der Waals surface area contributed by atoms with Crippen LogP contribution in [-0.2, 0) is 0 Å². The van der Waals surface area contributed by atoms with Gasteiger partial charge in [-0.1, -0.05) is 0 Å².